The molecule has 5 nitrogen and oxygen atoms in total. The monoisotopic (exact) mass is 245 g/mol. The number of rotatable bonds is 5. The van der Waals surface area contributed by atoms with Gasteiger partial charge in [0, 0.05) is 19.4 Å². The Morgan fingerprint density at radius 2 is 2.06 bits per heavy atom. The summed E-state index contributed by atoms with van der Waals surface area (Å²) in [6.07, 6.45) is 1.63. The van der Waals surface area contributed by atoms with Gasteiger partial charge in [0.1, 0.15) is 17.3 Å². The van der Waals surface area contributed by atoms with Gasteiger partial charge < -0.3 is 14.9 Å². The van der Waals surface area contributed by atoms with E-state index in [0.29, 0.717) is 18.2 Å². The van der Waals surface area contributed by atoms with Crippen LogP contribution in [0.25, 0.3) is 0 Å². The van der Waals surface area contributed by atoms with Gasteiger partial charge in [-0.25, -0.2) is 10.8 Å². The lowest BCUT2D eigenvalue weighted by atomic mass is 10.2. The molecule has 0 aliphatic carbocycles. The molecule has 18 heavy (non-hydrogen) atoms. The summed E-state index contributed by atoms with van der Waals surface area (Å²) in [5.74, 6) is 7.27. The number of nitrogen functional groups attached to an aromatic ring is 1. The number of hydrogen-bond acceptors (Lipinski definition) is 5. The molecule has 0 spiro atoms. The van der Waals surface area contributed by atoms with Gasteiger partial charge in [-0.3, -0.25) is 0 Å². The van der Waals surface area contributed by atoms with Gasteiger partial charge in [-0.2, -0.15) is 0 Å². The SMILES string of the molecule is COCc1cccc(Oc2ccnc(NN)c2)c1. The Morgan fingerprint density at radius 3 is 2.83 bits per heavy atom. The highest BCUT2D eigenvalue weighted by Gasteiger charge is 2.00. The van der Waals surface area contributed by atoms with Crippen LogP contribution >= 0.6 is 0 Å². The third-order valence-electron chi connectivity index (χ3n) is 2.32. The summed E-state index contributed by atoms with van der Waals surface area (Å²) in [5.41, 5.74) is 3.53. The molecule has 5 heteroatoms. The summed E-state index contributed by atoms with van der Waals surface area (Å²) in [6.45, 7) is 0.559. The van der Waals surface area contributed by atoms with Crippen LogP contribution in [0.15, 0.2) is 42.6 Å². The predicted octanol–water partition coefficient (Wildman–Crippen LogP) is 2.31. The molecule has 0 saturated carbocycles. The molecule has 0 saturated heterocycles. The van der Waals surface area contributed by atoms with Crippen LogP contribution in [0.2, 0.25) is 0 Å². The number of nitrogens with one attached hydrogen (secondary N) is 1. The Hall–Kier alpha value is -2.11. The molecule has 2 aromatic rings. The molecule has 0 unspecified atom stereocenters. The number of pyridine rings is 1. The summed E-state index contributed by atoms with van der Waals surface area (Å²) < 4.78 is 10.8. The first-order valence-electron chi connectivity index (χ1n) is 5.50. The number of hydrazine groups is 1. The fourth-order valence-electron chi connectivity index (χ4n) is 1.56. The minimum atomic E-state index is 0.556. The molecular formula is C13H15N3O2. The van der Waals surface area contributed by atoms with Crippen molar-refractivity contribution in [1.82, 2.24) is 4.98 Å². The third-order valence-corrected chi connectivity index (χ3v) is 2.32. The van der Waals surface area contributed by atoms with Crippen molar-refractivity contribution in [2.75, 3.05) is 12.5 Å². The number of nitrogens with zero attached hydrogens (tertiary/aromatic N) is 1. The Balaban J connectivity index is 2.14. The number of anilines is 1. The van der Waals surface area contributed by atoms with E-state index in [4.69, 9.17) is 15.3 Å². The predicted molar refractivity (Wildman–Crippen MR) is 69.3 cm³/mol. The summed E-state index contributed by atoms with van der Waals surface area (Å²) in [6, 6.07) is 11.2. The average Bonchev–Trinajstić information content (AvgIpc) is 2.40. The average molecular weight is 245 g/mol. The van der Waals surface area contributed by atoms with Crippen molar-refractivity contribution < 1.29 is 9.47 Å². The normalized spacial score (nSPS) is 10.1. The van der Waals surface area contributed by atoms with E-state index in [9.17, 15) is 0 Å². The number of ether oxygens (including phenoxy) is 2. The Morgan fingerprint density at radius 1 is 1.22 bits per heavy atom. The zero-order valence-electron chi connectivity index (χ0n) is 10.1. The largest absolute Gasteiger partial charge is 0.457 e. The van der Waals surface area contributed by atoms with Crippen molar-refractivity contribution in [2.24, 2.45) is 5.84 Å². The lowest BCUT2D eigenvalue weighted by Gasteiger charge is -2.08. The Bertz CT molecular complexity index is 517. The molecule has 0 fully saturated rings. The van der Waals surface area contributed by atoms with Crippen LogP contribution in [0.3, 0.4) is 0 Å². The molecule has 3 N–H and O–H groups in total. The van der Waals surface area contributed by atoms with Crippen molar-refractivity contribution in [3.05, 3.63) is 48.2 Å². The maximum Gasteiger partial charge on any atom is 0.143 e. The zero-order valence-corrected chi connectivity index (χ0v) is 10.1. The first-order chi connectivity index (χ1) is 8.81. The molecule has 0 amide bonds. The molecule has 1 aromatic carbocycles. The molecule has 94 valence electrons. The van der Waals surface area contributed by atoms with Gasteiger partial charge in [0.05, 0.1) is 6.61 Å². The summed E-state index contributed by atoms with van der Waals surface area (Å²) in [7, 11) is 1.66. The highest BCUT2D eigenvalue weighted by atomic mass is 16.5. The van der Waals surface area contributed by atoms with Crippen LogP contribution in [0.1, 0.15) is 5.56 Å². The molecule has 0 atom stereocenters. The fourth-order valence-corrected chi connectivity index (χ4v) is 1.56. The van der Waals surface area contributed by atoms with Crippen molar-refractivity contribution in [3.63, 3.8) is 0 Å². The van der Waals surface area contributed by atoms with Gasteiger partial charge in [-0.1, -0.05) is 12.1 Å². The first kappa shape index (κ1) is 12.3. The molecule has 1 aromatic heterocycles. The number of aromatic nitrogens is 1. The minimum absolute atomic E-state index is 0.556. The van der Waals surface area contributed by atoms with Crippen LogP contribution in [0.5, 0.6) is 11.5 Å². The van der Waals surface area contributed by atoms with E-state index in [1.54, 1.807) is 25.4 Å². The minimum Gasteiger partial charge on any atom is -0.457 e. The number of nitrogens with two attached hydrogens (primary N) is 1. The second kappa shape index (κ2) is 6.00. The van der Waals surface area contributed by atoms with Crippen molar-refractivity contribution in [2.45, 2.75) is 6.61 Å². The quantitative estimate of drug-likeness (QED) is 0.625. The molecule has 0 aliphatic rings. The third kappa shape index (κ3) is 3.19. The summed E-state index contributed by atoms with van der Waals surface area (Å²) in [5, 5.41) is 0. The number of hydrogen-bond donors (Lipinski definition) is 2. The topological polar surface area (TPSA) is 69.4 Å². The second-order valence-corrected chi connectivity index (χ2v) is 3.70. The van der Waals surface area contributed by atoms with Crippen molar-refractivity contribution >= 4 is 5.82 Å². The molecule has 0 radical (unpaired) electrons. The van der Waals surface area contributed by atoms with Gasteiger partial charge in [0.2, 0.25) is 0 Å². The van der Waals surface area contributed by atoms with Crippen LogP contribution < -0.4 is 16.0 Å². The van der Waals surface area contributed by atoms with Crippen LogP contribution in [0.4, 0.5) is 5.82 Å². The summed E-state index contributed by atoms with van der Waals surface area (Å²) >= 11 is 0. The lowest BCUT2D eigenvalue weighted by Crippen LogP contribution is -2.08. The highest BCUT2D eigenvalue weighted by molar-refractivity contribution is 5.41. The Kier molecular flexibility index (Phi) is 4.11. The maximum atomic E-state index is 5.72. The van der Waals surface area contributed by atoms with Crippen LogP contribution in [0, 0.1) is 0 Å². The second-order valence-electron chi connectivity index (χ2n) is 3.70. The molecule has 2 rings (SSSR count). The molecular weight excluding hydrogens is 230 g/mol. The number of methoxy groups -OCH3 is 1. The molecule has 0 bridgehead atoms. The standard InChI is InChI=1S/C13H15N3O2/c1-17-9-10-3-2-4-11(7-10)18-12-5-6-15-13(8-12)16-14/h2-8H,9,14H2,1H3,(H,15,16). The van der Waals surface area contributed by atoms with E-state index in [1.165, 1.54) is 0 Å². The lowest BCUT2D eigenvalue weighted by molar-refractivity contribution is 0.184. The highest BCUT2D eigenvalue weighted by Crippen LogP contribution is 2.23. The van der Waals surface area contributed by atoms with Gasteiger partial charge >= 0.3 is 0 Å². The first-order valence-corrected chi connectivity index (χ1v) is 5.50. The zero-order chi connectivity index (χ0) is 12.8. The van der Waals surface area contributed by atoms with E-state index in [-0.39, 0.29) is 0 Å². The number of benzene rings is 1. The Labute approximate surface area is 106 Å². The van der Waals surface area contributed by atoms with E-state index < -0.39 is 0 Å². The van der Waals surface area contributed by atoms with E-state index in [1.807, 2.05) is 24.3 Å². The van der Waals surface area contributed by atoms with Gasteiger partial charge in [-0.15, -0.1) is 0 Å². The molecule has 1 heterocycles. The van der Waals surface area contributed by atoms with E-state index in [0.717, 1.165) is 11.3 Å². The smallest absolute Gasteiger partial charge is 0.143 e. The van der Waals surface area contributed by atoms with Crippen LogP contribution in [-0.2, 0) is 11.3 Å². The van der Waals surface area contributed by atoms with Gasteiger partial charge in [0.25, 0.3) is 0 Å². The van der Waals surface area contributed by atoms with Crippen LogP contribution in [-0.4, -0.2) is 12.1 Å². The molecule has 0 aliphatic heterocycles. The summed E-state index contributed by atoms with van der Waals surface area (Å²) in [4.78, 5) is 4.01. The van der Waals surface area contributed by atoms with E-state index in [2.05, 4.69) is 10.4 Å². The van der Waals surface area contributed by atoms with Crippen molar-refractivity contribution in [3.8, 4) is 11.5 Å². The maximum absolute atomic E-state index is 5.72. The van der Waals surface area contributed by atoms with Crippen molar-refractivity contribution in [1.29, 1.82) is 0 Å². The van der Waals surface area contributed by atoms with Gasteiger partial charge in [-0.05, 0) is 23.8 Å². The fraction of sp³-hybridized carbons (Fsp3) is 0.154. The van der Waals surface area contributed by atoms with E-state index >= 15 is 0 Å². The van der Waals surface area contributed by atoms with Gasteiger partial charge in [0.15, 0.2) is 0 Å².